The Balaban J connectivity index is 1.48. The van der Waals surface area contributed by atoms with Crippen LogP contribution in [-0.2, 0) is 11.3 Å². The molecule has 1 aliphatic rings. The van der Waals surface area contributed by atoms with Crippen molar-refractivity contribution in [2.24, 2.45) is 0 Å². The molecule has 0 aromatic heterocycles. The predicted octanol–water partition coefficient (Wildman–Crippen LogP) is 3.63. The van der Waals surface area contributed by atoms with Gasteiger partial charge in [0.2, 0.25) is 5.91 Å². The minimum absolute atomic E-state index is 0.0977. The van der Waals surface area contributed by atoms with Gasteiger partial charge in [-0.15, -0.1) is 0 Å². The normalized spacial score (nSPS) is 14.0. The zero-order valence-corrected chi connectivity index (χ0v) is 14.6. The molecule has 0 radical (unpaired) electrons. The van der Waals surface area contributed by atoms with Gasteiger partial charge in [0.1, 0.15) is 5.75 Å². The number of nitrogens with one attached hydrogen (secondary N) is 1. The molecule has 0 atom stereocenters. The van der Waals surface area contributed by atoms with Crippen LogP contribution in [0.15, 0.2) is 54.6 Å². The van der Waals surface area contributed by atoms with E-state index in [2.05, 4.69) is 34.5 Å². The van der Waals surface area contributed by atoms with E-state index in [0.29, 0.717) is 6.54 Å². The maximum absolute atomic E-state index is 12.0. The molecule has 1 fully saturated rings. The summed E-state index contributed by atoms with van der Waals surface area (Å²) >= 11 is 0. The second kappa shape index (κ2) is 8.38. The molecule has 4 heteroatoms. The summed E-state index contributed by atoms with van der Waals surface area (Å²) in [5, 5.41) is 2.92. The van der Waals surface area contributed by atoms with Gasteiger partial charge in [0.05, 0.1) is 7.11 Å². The lowest BCUT2D eigenvalue weighted by atomic mass is 10.2. The van der Waals surface area contributed by atoms with E-state index in [9.17, 15) is 4.79 Å². The summed E-state index contributed by atoms with van der Waals surface area (Å²) in [6.45, 7) is 2.82. The van der Waals surface area contributed by atoms with Crippen LogP contribution in [0.1, 0.15) is 24.0 Å². The quantitative estimate of drug-likeness (QED) is 0.819. The second-order valence-corrected chi connectivity index (χ2v) is 6.18. The average molecular weight is 336 g/mol. The van der Waals surface area contributed by atoms with E-state index >= 15 is 0 Å². The molecule has 0 bridgehead atoms. The molecule has 3 rings (SSSR count). The summed E-state index contributed by atoms with van der Waals surface area (Å²) in [6.07, 6.45) is 5.91. The minimum atomic E-state index is -0.0977. The number of hydrogen-bond donors (Lipinski definition) is 1. The van der Waals surface area contributed by atoms with E-state index in [-0.39, 0.29) is 5.91 Å². The topological polar surface area (TPSA) is 41.6 Å². The Labute approximate surface area is 149 Å². The van der Waals surface area contributed by atoms with Gasteiger partial charge in [0, 0.05) is 31.4 Å². The molecule has 25 heavy (non-hydrogen) atoms. The van der Waals surface area contributed by atoms with Crippen LogP contribution in [0.5, 0.6) is 5.75 Å². The van der Waals surface area contributed by atoms with Crippen molar-refractivity contribution in [3.8, 4) is 5.75 Å². The Morgan fingerprint density at radius 2 is 1.76 bits per heavy atom. The summed E-state index contributed by atoms with van der Waals surface area (Å²) < 4.78 is 5.12. The molecule has 2 aromatic rings. The Bertz CT molecular complexity index is 715. The highest BCUT2D eigenvalue weighted by molar-refractivity contribution is 5.91. The second-order valence-electron chi connectivity index (χ2n) is 6.18. The summed E-state index contributed by atoms with van der Waals surface area (Å²) in [6, 6.07) is 16.0. The molecule has 0 saturated carbocycles. The van der Waals surface area contributed by atoms with Crippen LogP contribution in [0, 0.1) is 0 Å². The van der Waals surface area contributed by atoms with E-state index < -0.39 is 0 Å². The van der Waals surface area contributed by atoms with Crippen LogP contribution >= 0.6 is 0 Å². The summed E-state index contributed by atoms with van der Waals surface area (Å²) in [7, 11) is 1.63. The highest BCUT2D eigenvalue weighted by Crippen LogP contribution is 2.20. The van der Waals surface area contributed by atoms with Gasteiger partial charge in [-0.25, -0.2) is 0 Å². The number of rotatable bonds is 6. The third-order valence-electron chi connectivity index (χ3n) is 4.42. The monoisotopic (exact) mass is 336 g/mol. The SMILES string of the molecule is COc1ccc(/C=C/C(=O)NCc2ccc(N3CCCC3)cc2)cc1. The van der Waals surface area contributed by atoms with E-state index in [1.165, 1.54) is 18.5 Å². The van der Waals surface area contributed by atoms with Crippen LogP contribution in [0.3, 0.4) is 0 Å². The van der Waals surface area contributed by atoms with E-state index in [1.54, 1.807) is 19.3 Å². The Morgan fingerprint density at radius 3 is 2.40 bits per heavy atom. The number of benzene rings is 2. The van der Waals surface area contributed by atoms with Gasteiger partial charge < -0.3 is 15.0 Å². The molecular formula is C21H24N2O2. The number of carbonyl (C=O) groups excluding carboxylic acids is 1. The van der Waals surface area contributed by atoms with Crippen LogP contribution in [-0.4, -0.2) is 26.1 Å². The zero-order valence-electron chi connectivity index (χ0n) is 14.6. The van der Waals surface area contributed by atoms with Crippen molar-refractivity contribution in [1.82, 2.24) is 5.32 Å². The van der Waals surface area contributed by atoms with Crippen molar-refractivity contribution < 1.29 is 9.53 Å². The minimum Gasteiger partial charge on any atom is -0.497 e. The van der Waals surface area contributed by atoms with Crippen LogP contribution < -0.4 is 15.0 Å². The third-order valence-corrected chi connectivity index (χ3v) is 4.42. The molecule has 1 aliphatic heterocycles. The van der Waals surface area contributed by atoms with Gasteiger partial charge in [-0.3, -0.25) is 4.79 Å². The molecule has 130 valence electrons. The molecule has 0 spiro atoms. The fourth-order valence-electron chi connectivity index (χ4n) is 2.93. The first-order valence-electron chi connectivity index (χ1n) is 8.68. The van der Waals surface area contributed by atoms with Gasteiger partial charge in [-0.1, -0.05) is 24.3 Å². The number of amides is 1. The fourth-order valence-corrected chi connectivity index (χ4v) is 2.93. The number of methoxy groups -OCH3 is 1. The van der Waals surface area contributed by atoms with Gasteiger partial charge in [-0.2, -0.15) is 0 Å². The van der Waals surface area contributed by atoms with Crippen molar-refractivity contribution in [1.29, 1.82) is 0 Å². The molecule has 0 unspecified atom stereocenters. The lowest BCUT2D eigenvalue weighted by molar-refractivity contribution is -0.116. The average Bonchev–Trinajstić information content (AvgIpc) is 3.20. The molecule has 1 amide bonds. The van der Waals surface area contributed by atoms with Gasteiger partial charge in [0.25, 0.3) is 0 Å². The first kappa shape index (κ1) is 17.1. The largest absolute Gasteiger partial charge is 0.497 e. The number of carbonyl (C=O) groups is 1. The summed E-state index contributed by atoms with van der Waals surface area (Å²) in [4.78, 5) is 14.4. The number of hydrogen-bond acceptors (Lipinski definition) is 3. The fraction of sp³-hybridized carbons (Fsp3) is 0.286. The molecule has 1 N–H and O–H groups in total. The van der Waals surface area contributed by atoms with Gasteiger partial charge in [-0.05, 0) is 54.3 Å². The van der Waals surface area contributed by atoms with E-state index in [0.717, 1.165) is 30.0 Å². The number of nitrogens with zero attached hydrogens (tertiary/aromatic N) is 1. The highest BCUT2D eigenvalue weighted by atomic mass is 16.5. The van der Waals surface area contributed by atoms with E-state index in [1.807, 2.05) is 24.3 Å². The highest BCUT2D eigenvalue weighted by Gasteiger charge is 2.11. The van der Waals surface area contributed by atoms with Crippen LogP contribution in [0.25, 0.3) is 6.08 Å². The summed E-state index contributed by atoms with van der Waals surface area (Å²) in [5.41, 5.74) is 3.34. The Kier molecular flexibility index (Phi) is 5.73. The Morgan fingerprint density at radius 1 is 1.08 bits per heavy atom. The van der Waals surface area contributed by atoms with E-state index in [4.69, 9.17) is 4.74 Å². The molecule has 4 nitrogen and oxygen atoms in total. The predicted molar refractivity (Wildman–Crippen MR) is 102 cm³/mol. The van der Waals surface area contributed by atoms with Crippen LogP contribution in [0.2, 0.25) is 0 Å². The molecule has 1 heterocycles. The lowest BCUT2D eigenvalue weighted by Crippen LogP contribution is -2.20. The maximum atomic E-state index is 12.0. The van der Waals surface area contributed by atoms with Crippen molar-refractivity contribution in [3.63, 3.8) is 0 Å². The summed E-state index contributed by atoms with van der Waals surface area (Å²) in [5.74, 6) is 0.707. The Hall–Kier alpha value is -2.75. The van der Waals surface area contributed by atoms with Crippen molar-refractivity contribution in [2.75, 3.05) is 25.1 Å². The molecule has 0 aliphatic carbocycles. The lowest BCUT2D eigenvalue weighted by Gasteiger charge is -2.17. The first-order chi connectivity index (χ1) is 12.2. The number of anilines is 1. The first-order valence-corrected chi connectivity index (χ1v) is 8.68. The smallest absolute Gasteiger partial charge is 0.244 e. The molecule has 2 aromatic carbocycles. The van der Waals surface area contributed by atoms with Gasteiger partial charge in [0.15, 0.2) is 0 Å². The van der Waals surface area contributed by atoms with Gasteiger partial charge >= 0.3 is 0 Å². The molecular weight excluding hydrogens is 312 g/mol. The third kappa shape index (κ3) is 4.86. The standard InChI is InChI=1S/C21H24N2O2/c1-25-20-11-6-17(7-12-20)8-13-21(24)22-16-18-4-9-19(10-5-18)23-14-2-3-15-23/h4-13H,2-3,14-16H2,1H3,(H,22,24)/b13-8+. The number of ether oxygens (including phenoxy) is 1. The van der Waals surface area contributed by atoms with Crippen molar-refractivity contribution >= 4 is 17.7 Å². The van der Waals surface area contributed by atoms with Crippen molar-refractivity contribution in [3.05, 3.63) is 65.7 Å². The maximum Gasteiger partial charge on any atom is 0.244 e. The van der Waals surface area contributed by atoms with Crippen molar-refractivity contribution in [2.45, 2.75) is 19.4 Å². The molecule has 1 saturated heterocycles. The van der Waals surface area contributed by atoms with Crippen LogP contribution in [0.4, 0.5) is 5.69 Å². The zero-order chi connectivity index (χ0) is 17.5.